The van der Waals surface area contributed by atoms with Crippen molar-refractivity contribution in [2.45, 2.75) is 52.1 Å². The monoisotopic (exact) mass is 441 g/mol. The highest BCUT2D eigenvalue weighted by Gasteiger charge is 2.28. The first kappa shape index (κ1) is 21.0. The van der Waals surface area contributed by atoms with Crippen molar-refractivity contribution >= 4 is 45.8 Å². The third-order valence-corrected chi connectivity index (χ3v) is 6.28. The Hall–Kier alpha value is -2.30. The molecule has 156 valence electrons. The number of anilines is 1. The predicted molar refractivity (Wildman–Crippen MR) is 124 cm³/mol. The van der Waals surface area contributed by atoms with Crippen LogP contribution in [-0.4, -0.2) is 22.0 Å². The second-order valence-electron chi connectivity index (χ2n) is 8.10. The molecule has 3 aromatic rings. The Morgan fingerprint density at radius 2 is 1.90 bits per heavy atom. The number of hydrogen-bond acceptors (Lipinski definition) is 2. The average molecular weight is 442 g/mol. The molecule has 1 N–H and O–H groups in total. The molecule has 0 spiro atoms. The molecule has 1 aliphatic rings. The topological polar surface area (TPSA) is 45.2 Å². The molecular formula is C24H25Cl2N3O. The zero-order valence-corrected chi connectivity index (χ0v) is 18.7. The van der Waals surface area contributed by atoms with Gasteiger partial charge in [0.15, 0.2) is 0 Å². The van der Waals surface area contributed by atoms with Crippen molar-refractivity contribution in [1.29, 1.82) is 0 Å². The van der Waals surface area contributed by atoms with Crippen molar-refractivity contribution in [3.05, 3.63) is 69.3 Å². The quantitative estimate of drug-likeness (QED) is 0.437. The third-order valence-electron chi connectivity index (χ3n) is 5.72. The second kappa shape index (κ2) is 8.83. The summed E-state index contributed by atoms with van der Waals surface area (Å²) < 4.78 is 0. The summed E-state index contributed by atoms with van der Waals surface area (Å²) in [6.07, 6.45) is 4.26. The smallest absolute Gasteiger partial charge is 0.317 e. The highest BCUT2D eigenvalue weighted by molar-refractivity contribution is 6.31. The van der Waals surface area contributed by atoms with Crippen molar-refractivity contribution in [3.63, 3.8) is 0 Å². The van der Waals surface area contributed by atoms with E-state index in [0.717, 1.165) is 47.7 Å². The summed E-state index contributed by atoms with van der Waals surface area (Å²) in [5, 5.41) is 5.09. The number of carbonyl (C=O) groups is 1. The Balaban J connectivity index is 1.65. The highest BCUT2D eigenvalue weighted by atomic mass is 35.5. The number of urea groups is 1. The lowest BCUT2D eigenvalue weighted by Gasteiger charge is -2.29. The van der Waals surface area contributed by atoms with Crippen LogP contribution >= 0.6 is 23.2 Å². The van der Waals surface area contributed by atoms with E-state index in [1.165, 1.54) is 5.56 Å². The first-order valence-electron chi connectivity index (χ1n) is 10.3. The Bertz CT molecular complexity index is 1090. The summed E-state index contributed by atoms with van der Waals surface area (Å²) in [4.78, 5) is 19.7. The maximum atomic E-state index is 13.2. The molecule has 6 heteroatoms. The van der Waals surface area contributed by atoms with E-state index < -0.39 is 0 Å². The van der Waals surface area contributed by atoms with Crippen LogP contribution in [-0.2, 0) is 6.54 Å². The summed E-state index contributed by atoms with van der Waals surface area (Å²) in [6.45, 7) is 4.54. The van der Waals surface area contributed by atoms with Crippen LogP contribution in [0.1, 0.15) is 42.4 Å². The number of nitrogens with zero attached hydrogens (tertiary/aromatic N) is 2. The van der Waals surface area contributed by atoms with Gasteiger partial charge in [-0.2, -0.15) is 0 Å². The zero-order valence-electron chi connectivity index (χ0n) is 17.2. The van der Waals surface area contributed by atoms with Gasteiger partial charge in [-0.1, -0.05) is 53.7 Å². The molecule has 0 unspecified atom stereocenters. The lowest BCUT2D eigenvalue weighted by molar-refractivity contribution is 0.184. The van der Waals surface area contributed by atoms with Crippen LogP contribution in [0, 0.1) is 13.8 Å². The van der Waals surface area contributed by atoms with E-state index in [-0.39, 0.29) is 12.1 Å². The van der Waals surface area contributed by atoms with E-state index in [2.05, 4.69) is 35.4 Å². The Labute approximate surface area is 187 Å². The molecular weight excluding hydrogens is 417 g/mol. The largest absolute Gasteiger partial charge is 0.322 e. The predicted octanol–water partition coefficient (Wildman–Crippen LogP) is 7.14. The van der Waals surface area contributed by atoms with Gasteiger partial charge in [0.1, 0.15) is 5.15 Å². The van der Waals surface area contributed by atoms with E-state index in [1.54, 1.807) is 12.1 Å². The van der Waals surface area contributed by atoms with Gasteiger partial charge in [0.05, 0.1) is 12.1 Å². The maximum Gasteiger partial charge on any atom is 0.322 e. The summed E-state index contributed by atoms with van der Waals surface area (Å²) in [7, 11) is 0. The number of nitrogens with one attached hydrogen (secondary N) is 1. The number of amides is 2. The molecule has 1 aromatic heterocycles. The van der Waals surface area contributed by atoms with Gasteiger partial charge < -0.3 is 10.2 Å². The molecule has 2 amide bonds. The van der Waals surface area contributed by atoms with E-state index in [1.807, 2.05) is 24.0 Å². The van der Waals surface area contributed by atoms with Crippen LogP contribution in [0.5, 0.6) is 0 Å². The molecule has 0 aliphatic heterocycles. The summed E-state index contributed by atoms with van der Waals surface area (Å²) >= 11 is 12.6. The number of halogens is 2. The minimum absolute atomic E-state index is 0.138. The zero-order chi connectivity index (χ0) is 21.3. The fraction of sp³-hybridized carbons (Fsp3) is 0.333. The Morgan fingerprint density at radius 3 is 2.63 bits per heavy atom. The van der Waals surface area contributed by atoms with Crippen molar-refractivity contribution in [2.75, 3.05) is 5.32 Å². The lowest BCUT2D eigenvalue weighted by atomic mass is 10.0. The Kier molecular flexibility index (Phi) is 6.16. The molecule has 4 nitrogen and oxygen atoms in total. The minimum Gasteiger partial charge on any atom is -0.317 e. The van der Waals surface area contributed by atoms with Crippen molar-refractivity contribution in [1.82, 2.24) is 9.88 Å². The number of fused-ring (bicyclic) bond motifs is 1. The van der Waals surface area contributed by atoms with E-state index >= 15 is 0 Å². The van der Waals surface area contributed by atoms with E-state index in [4.69, 9.17) is 23.2 Å². The van der Waals surface area contributed by atoms with Crippen LogP contribution in [0.25, 0.3) is 10.9 Å². The first-order valence-corrected chi connectivity index (χ1v) is 11.1. The maximum absolute atomic E-state index is 13.2. The Morgan fingerprint density at radius 1 is 1.13 bits per heavy atom. The fourth-order valence-corrected chi connectivity index (χ4v) is 4.70. The first-order chi connectivity index (χ1) is 14.4. The SMILES string of the molecule is Cc1cc(C)c2nc(Cl)c(CN(C(=O)Nc3cccc(Cl)c3)C3CCCC3)cc2c1. The number of benzene rings is 2. The van der Waals surface area contributed by atoms with Crippen LogP contribution in [0.15, 0.2) is 42.5 Å². The number of aryl methyl sites for hydroxylation is 2. The van der Waals surface area contributed by atoms with Gasteiger partial charge in [0, 0.05) is 27.7 Å². The molecule has 1 saturated carbocycles. The second-order valence-corrected chi connectivity index (χ2v) is 8.89. The molecule has 4 rings (SSSR count). The highest BCUT2D eigenvalue weighted by Crippen LogP contribution is 2.30. The number of aromatic nitrogens is 1. The number of carbonyl (C=O) groups excluding carboxylic acids is 1. The fourth-order valence-electron chi connectivity index (χ4n) is 4.31. The molecule has 1 aliphatic carbocycles. The van der Waals surface area contributed by atoms with Crippen molar-refractivity contribution in [2.24, 2.45) is 0 Å². The van der Waals surface area contributed by atoms with Crippen LogP contribution in [0.2, 0.25) is 10.2 Å². The molecule has 0 atom stereocenters. The van der Waals surface area contributed by atoms with Gasteiger partial charge in [-0.05, 0) is 62.6 Å². The van der Waals surface area contributed by atoms with Crippen LogP contribution < -0.4 is 5.32 Å². The van der Waals surface area contributed by atoms with Crippen LogP contribution in [0.3, 0.4) is 0 Å². The summed E-state index contributed by atoms with van der Waals surface area (Å²) in [5.74, 6) is 0. The number of rotatable bonds is 4. The molecule has 0 saturated heterocycles. The summed E-state index contributed by atoms with van der Waals surface area (Å²) in [6, 6.07) is 13.5. The van der Waals surface area contributed by atoms with E-state index in [9.17, 15) is 4.79 Å². The lowest BCUT2D eigenvalue weighted by Crippen LogP contribution is -2.41. The van der Waals surface area contributed by atoms with Gasteiger partial charge in [-0.15, -0.1) is 0 Å². The number of pyridine rings is 1. The van der Waals surface area contributed by atoms with Crippen molar-refractivity contribution in [3.8, 4) is 0 Å². The van der Waals surface area contributed by atoms with Crippen LogP contribution in [0.4, 0.5) is 10.5 Å². The molecule has 30 heavy (non-hydrogen) atoms. The molecule has 1 heterocycles. The standard InChI is InChI=1S/C24H25Cl2N3O/c1-15-10-16(2)22-17(11-15)12-18(23(26)28-22)14-29(21-8-3-4-9-21)24(30)27-20-7-5-6-19(25)13-20/h5-7,10-13,21H,3-4,8-9,14H2,1-2H3,(H,27,30). The molecule has 0 bridgehead atoms. The molecule has 0 radical (unpaired) electrons. The van der Waals surface area contributed by atoms with Crippen molar-refractivity contribution < 1.29 is 4.79 Å². The van der Waals surface area contributed by atoms with Gasteiger partial charge in [-0.3, -0.25) is 0 Å². The number of hydrogen-bond donors (Lipinski definition) is 1. The molecule has 1 fully saturated rings. The van der Waals surface area contributed by atoms with Gasteiger partial charge >= 0.3 is 6.03 Å². The van der Waals surface area contributed by atoms with Gasteiger partial charge in [-0.25, -0.2) is 9.78 Å². The summed E-state index contributed by atoms with van der Waals surface area (Å²) in [5.41, 5.74) is 4.74. The normalized spacial score (nSPS) is 14.3. The van der Waals surface area contributed by atoms with Gasteiger partial charge in [0.2, 0.25) is 0 Å². The molecule has 2 aromatic carbocycles. The minimum atomic E-state index is -0.138. The van der Waals surface area contributed by atoms with Gasteiger partial charge in [0.25, 0.3) is 0 Å². The van der Waals surface area contributed by atoms with E-state index in [0.29, 0.717) is 22.4 Å². The third kappa shape index (κ3) is 4.55. The average Bonchev–Trinajstić information content (AvgIpc) is 3.21.